The molecular formula is C15H28N2O. The van der Waals surface area contributed by atoms with E-state index in [0.717, 1.165) is 26.1 Å². The lowest BCUT2D eigenvalue weighted by Gasteiger charge is -2.42. The number of hydrogen-bond donors (Lipinski definition) is 1. The van der Waals surface area contributed by atoms with Crippen molar-refractivity contribution in [3.05, 3.63) is 0 Å². The highest BCUT2D eigenvalue weighted by molar-refractivity contribution is 5.82. The molecule has 1 N–H and O–H groups in total. The molecular weight excluding hydrogens is 224 g/mol. The fraction of sp³-hybridized carbons (Fsp3) is 0.933. The summed E-state index contributed by atoms with van der Waals surface area (Å²) >= 11 is 0. The summed E-state index contributed by atoms with van der Waals surface area (Å²) in [7, 11) is 0. The van der Waals surface area contributed by atoms with Crippen molar-refractivity contribution in [2.75, 3.05) is 19.6 Å². The minimum Gasteiger partial charge on any atom is -0.341 e. The van der Waals surface area contributed by atoms with E-state index in [2.05, 4.69) is 24.1 Å². The highest BCUT2D eigenvalue weighted by Crippen LogP contribution is 2.38. The maximum absolute atomic E-state index is 12.4. The molecule has 2 rings (SSSR count). The van der Waals surface area contributed by atoms with Crippen molar-refractivity contribution in [2.24, 2.45) is 5.41 Å². The molecule has 3 heteroatoms. The maximum Gasteiger partial charge on any atom is 0.239 e. The molecule has 0 aromatic heterocycles. The van der Waals surface area contributed by atoms with Gasteiger partial charge in [0.25, 0.3) is 0 Å². The molecule has 2 aliphatic heterocycles. The van der Waals surface area contributed by atoms with Crippen molar-refractivity contribution in [3.8, 4) is 0 Å². The summed E-state index contributed by atoms with van der Waals surface area (Å²) in [6, 6.07) is 0.106. The molecule has 1 atom stereocenters. The Labute approximate surface area is 111 Å². The molecule has 2 aliphatic rings. The summed E-state index contributed by atoms with van der Waals surface area (Å²) in [6.07, 6.45) is 8.35. The molecule has 0 aliphatic carbocycles. The quantitative estimate of drug-likeness (QED) is 0.837. The van der Waals surface area contributed by atoms with E-state index in [1.54, 1.807) is 0 Å². The molecule has 0 radical (unpaired) electrons. The number of piperidine rings is 2. The minimum atomic E-state index is 0.106. The molecule has 104 valence electrons. The number of carbonyl (C=O) groups excluding carboxylic acids is 1. The molecule has 2 saturated heterocycles. The first-order chi connectivity index (χ1) is 8.71. The fourth-order valence-electron chi connectivity index (χ4n) is 3.44. The first-order valence-corrected chi connectivity index (χ1v) is 7.73. The molecule has 2 fully saturated rings. The Kier molecular flexibility index (Phi) is 4.66. The van der Waals surface area contributed by atoms with Gasteiger partial charge in [-0.05, 0) is 37.6 Å². The average Bonchev–Trinajstić information content (AvgIpc) is 2.47. The number of amides is 1. The average molecular weight is 252 g/mol. The predicted molar refractivity (Wildman–Crippen MR) is 74.5 cm³/mol. The molecule has 3 nitrogen and oxygen atoms in total. The molecule has 0 saturated carbocycles. The molecule has 18 heavy (non-hydrogen) atoms. The third-order valence-electron chi connectivity index (χ3n) is 5.24. The van der Waals surface area contributed by atoms with Crippen molar-refractivity contribution in [2.45, 2.75) is 64.8 Å². The Hall–Kier alpha value is -0.570. The van der Waals surface area contributed by atoms with E-state index in [1.807, 2.05) is 0 Å². The summed E-state index contributed by atoms with van der Waals surface area (Å²) in [6.45, 7) is 7.54. The highest BCUT2D eigenvalue weighted by Gasteiger charge is 2.34. The second-order valence-corrected chi connectivity index (χ2v) is 6.03. The molecule has 1 amide bonds. The van der Waals surface area contributed by atoms with Gasteiger partial charge in [-0.2, -0.15) is 0 Å². The van der Waals surface area contributed by atoms with Crippen LogP contribution in [0.1, 0.15) is 58.8 Å². The lowest BCUT2D eigenvalue weighted by atomic mass is 9.74. The number of rotatable bonds is 3. The summed E-state index contributed by atoms with van der Waals surface area (Å²) in [5, 5.41) is 3.37. The van der Waals surface area contributed by atoms with Crippen LogP contribution in [-0.4, -0.2) is 36.5 Å². The first kappa shape index (κ1) is 13.9. The van der Waals surface area contributed by atoms with E-state index in [0.29, 0.717) is 11.3 Å². The van der Waals surface area contributed by atoms with Crippen LogP contribution in [0.3, 0.4) is 0 Å². The van der Waals surface area contributed by atoms with Gasteiger partial charge in [-0.15, -0.1) is 0 Å². The van der Waals surface area contributed by atoms with Gasteiger partial charge >= 0.3 is 0 Å². The van der Waals surface area contributed by atoms with Crippen LogP contribution in [0.25, 0.3) is 0 Å². The fourth-order valence-corrected chi connectivity index (χ4v) is 3.44. The summed E-state index contributed by atoms with van der Waals surface area (Å²) in [5.74, 6) is 0.357. The standard InChI is InChI=1S/C15H28N2O/c1-3-15(4-2)8-11-17(12-9-15)14(18)13-7-5-6-10-16-13/h13,16H,3-12H2,1-2H3/t13-/m1/s1. The van der Waals surface area contributed by atoms with E-state index in [-0.39, 0.29) is 6.04 Å². The summed E-state index contributed by atoms with van der Waals surface area (Å²) in [4.78, 5) is 14.5. The Bertz CT molecular complexity index is 270. The van der Waals surface area contributed by atoms with E-state index in [1.165, 1.54) is 38.5 Å². The van der Waals surface area contributed by atoms with Gasteiger partial charge in [0.2, 0.25) is 5.91 Å². The molecule has 0 aromatic rings. The van der Waals surface area contributed by atoms with Gasteiger partial charge in [0, 0.05) is 13.1 Å². The van der Waals surface area contributed by atoms with Crippen LogP contribution in [-0.2, 0) is 4.79 Å². The normalized spacial score (nSPS) is 28.1. The lowest BCUT2D eigenvalue weighted by Crippen LogP contribution is -2.52. The van der Waals surface area contributed by atoms with Crippen LogP contribution >= 0.6 is 0 Å². The number of likely N-dealkylation sites (tertiary alicyclic amines) is 1. The Morgan fingerprint density at radius 1 is 1.22 bits per heavy atom. The second kappa shape index (κ2) is 6.05. The molecule has 0 bridgehead atoms. The largest absolute Gasteiger partial charge is 0.341 e. The smallest absolute Gasteiger partial charge is 0.239 e. The van der Waals surface area contributed by atoms with E-state index < -0.39 is 0 Å². The number of carbonyl (C=O) groups is 1. The van der Waals surface area contributed by atoms with Crippen molar-refractivity contribution in [3.63, 3.8) is 0 Å². The van der Waals surface area contributed by atoms with Crippen molar-refractivity contribution in [1.82, 2.24) is 10.2 Å². The third kappa shape index (κ3) is 2.87. The molecule has 0 spiro atoms. The van der Waals surface area contributed by atoms with Crippen LogP contribution in [0.4, 0.5) is 0 Å². The lowest BCUT2D eigenvalue weighted by molar-refractivity contribution is -0.136. The van der Waals surface area contributed by atoms with E-state index >= 15 is 0 Å². The van der Waals surface area contributed by atoms with Crippen LogP contribution in [0, 0.1) is 5.41 Å². The van der Waals surface area contributed by atoms with Gasteiger partial charge in [0.15, 0.2) is 0 Å². The highest BCUT2D eigenvalue weighted by atomic mass is 16.2. The zero-order valence-electron chi connectivity index (χ0n) is 12.0. The van der Waals surface area contributed by atoms with Crippen LogP contribution < -0.4 is 5.32 Å². The Balaban J connectivity index is 1.87. The Morgan fingerprint density at radius 3 is 2.39 bits per heavy atom. The monoisotopic (exact) mass is 252 g/mol. The second-order valence-electron chi connectivity index (χ2n) is 6.03. The van der Waals surface area contributed by atoms with Gasteiger partial charge in [-0.3, -0.25) is 4.79 Å². The van der Waals surface area contributed by atoms with Crippen molar-refractivity contribution in [1.29, 1.82) is 0 Å². The van der Waals surface area contributed by atoms with Gasteiger partial charge in [0.05, 0.1) is 6.04 Å². The van der Waals surface area contributed by atoms with Gasteiger partial charge < -0.3 is 10.2 Å². The van der Waals surface area contributed by atoms with Crippen LogP contribution in [0.15, 0.2) is 0 Å². The maximum atomic E-state index is 12.4. The molecule has 2 heterocycles. The van der Waals surface area contributed by atoms with Crippen LogP contribution in [0.5, 0.6) is 0 Å². The minimum absolute atomic E-state index is 0.106. The predicted octanol–water partition coefficient (Wildman–Crippen LogP) is 2.56. The summed E-state index contributed by atoms with van der Waals surface area (Å²) in [5.41, 5.74) is 0.511. The summed E-state index contributed by atoms with van der Waals surface area (Å²) < 4.78 is 0. The molecule has 0 unspecified atom stereocenters. The first-order valence-electron chi connectivity index (χ1n) is 7.73. The zero-order chi connectivity index (χ0) is 13.0. The third-order valence-corrected chi connectivity index (χ3v) is 5.24. The number of nitrogens with zero attached hydrogens (tertiary/aromatic N) is 1. The number of hydrogen-bond acceptors (Lipinski definition) is 2. The van der Waals surface area contributed by atoms with E-state index in [4.69, 9.17) is 0 Å². The van der Waals surface area contributed by atoms with Gasteiger partial charge in [-0.1, -0.05) is 33.1 Å². The SMILES string of the molecule is CCC1(CC)CCN(C(=O)[C@H]2CCCCN2)CC1. The van der Waals surface area contributed by atoms with Gasteiger partial charge in [0.1, 0.15) is 0 Å². The van der Waals surface area contributed by atoms with E-state index in [9.17, 15) is 4.79 Å². The zero-order valence-corrected chi connectivity index (χ0v) is 12.0. The topological polar surface area (TPSA) is 32.3 Å². The Morgan fingerprint density at radius 2 is 1.89 bits per heavy atom. The van der Waals surface area contributed by atoms with Crippen molar-refractivity contribution < 1.29 is 4.79 Å². The van der Waals surface area contributed by atoms with Crippen LogP contribution in [0.2, 0.25) is 0 Å². The number of nitrogens with one attached hydrogen (secondary N) is 1. The van der Waals surface area contributed by atoms with Crippen molar-refractivity contribution >= 4 is 5.91 Å². The van der Waals surface area contributed by atoms with Gasteiger partial charge in [-0.25, -0.2) is 0 Å². The molecule has 0 aromatic carbocycles.